The fraction of sp³-hybridized carbons (Fsp3) is 0.615. The Morgan fingerprint density at radius 3 is 2.94 bits per heavy atom. The number of rotatable bonds is 3. The number of carbonyl (C=O) groups is 1. The predicted octanol–water partition coefficient (Wildman–Crippen LogP) is 1.99. The second-order valence-electron chi connectivity index (χ2n) is 4.88. The zero-order valence-electron chi connectivity index (χ0n) is 10.7. The summed E-state index contributed by atoms with van der Waals surface area (Å²) in [6.45, 7) is 4.44. The van der Waals surface area contributed by atoms with Gasteiger partial charge in [0.25, 0.3) is 5.91 Å². The van der Waals surface area contributed by atoms with Crippen molar-refractivity contribution in [1.82, 2.24) is 9.88 Å². The van der Waals surface area contributed by atoms with Crippen molar-refractivity contribution in [3.8, 4) is 0 Å². The van der Waals surface area contributed by atoms with Crippen LogP contribution in [-0.4, -0.2) is 47.3 Å². The standard InChI is InChI=1S/C13H19FN2O2/c1-9(2)18-12-4-6-16(8-11(12)14)13(17)10-3-5-15-7-10/h3,5,7,9,11-12,15H,4,6,8H2,1-2H3/t11-,12+/m1/s1. The van der Waals surface area contributed by atoms with Gasteiger partial charge in [0.1, 0.15) is 6.17 Å². The molecule has 0 bridgehead atoms. The van der Waals surface area contributed by atoms with Gasteiger partial charge in [-0.1, -0.05) is 0 Å². The molecule has 1 aromatic heterocycles. The summed E-state index contributed by atoms with van der Waals surface area (Å²) in [5.41, 5.74) is 0.574. The van der Waals surface area contributed by atoms with E-state index in [1.807, 2.05) is 13.8 Å². The molecule has 1 saturated heterocycles. The predicted molar refractivity (Wildman–Crippen MR) is 66.2 cm³/mol. The summed E-state index contributed by atoms with van der Waals surface area (Å²) in [7, 11) is 0. The third-order valence-electron chi connectivity index (χ3n) is 3.06. The van der Waals surface area contributed by atoms with E-state index in [4.69, 9.17) is 4.74 Å². The van der Waals surface area contributed by atoms with Crippen LogP contribution in [0, 0.1) is 0 Å². The van der Waals surface area contributed by atoms with Crippen LogP contribution in [0.25, 0.3) is 0 Å². The first kappa shape index (κ1) is 13.1. The van der Waals surface area contributed by atoms with Gasteiger partial charge in [0, 0.05) is 18.9 Å². The van der Waals surface area contributed by atoms with E-state index < -0.39 is 6.17 Å². The number of piperidine rings is 1. The highest BCUT2D eigenvalue weighted by atomic mass is 19.1. The summed E-state index contributed by atoms with van der Waals surface area (Å²) in [4.78, 5) is 16.4. The third-order valence-corrected chi connectivity index (χ3v) is 3.06. The van der Waals surface area contributed by atoms with Crippen molar-refractivity contribution in [1.29, 1.82) is 0 Å². The maximum absolute atomic E-state index is 13.9. The number of aromatic nitrogens is 1. The van der Waals surface area contributed by atoms with E-state index in [0.717, 1.165) is 0 Å². The van der Waals surface area contributed by atoms with Crippen molar-refractivity contribution in [2.24, 2.45) is 0 Å². The number of nitrogens with one attached hydrogen (secondary N) is 1. The fourth-order valence-electron chi connectivity index (χ4n) is 2.21. The van der Waals surface area contributed by atoms with Gasteiger partial charge in [-0.2, -0.15) is 0 Å². The Morgan fingerprint density at radius 1 is 1.61 bits per heavy atom. The molecule has 1 amide bonds. The number of hydrogen-bond acceptors (Lipinski definition) is 2. The number of halogens is 1. The minimum atomic E-state index is -1.11. The molecule has 1 aromatic rings. The second kappa shape index (κ2) is 5.52. The summed E-state index contributed by atoms with van der Waals surface area (Å²) in [6, 6.07) is 1.70. The highest BCUT2D eigenvalue weighted by molar-refractivity contribution is 5.94. The van der Waals surface area contributed by atoms with Crippen molar-refractivity contribution in [2.45, 2.75) is 38.6 Å². The second-order valence-corrected chi connectivity index (χ2v) is 4.88. The van der Waals surface area contributed by atoms with Gasteiger partial charge in [0.2, 0.25) is 0 Å². The lowest BCUT2D eigenvalue weighted by Gasteiger charge is -2.35. The molecule has 1 aliphatic rings. The number of aromatic amines is 1. The van der Waals surface area contributed by atoms with Crippen molar-refractivity contribution < 1.29 is 13.9 Å². The minimum absolute atomic E-state index is 0.0141. The van der Waals surface area contributed by atoms with Crippen LogP contribution < -0.4 is 0 Å². The van der Waals surface area contributed by atoms with E-state index in [9.17, 15) is 9.18 Å². The third kappa shape index (κ3) is 2.90. The number of hydrogen-bond donors (Lipinski definition) is 1. The monoisotopic (exact) mass is 254 g/mol. The minimum Gasteiger partial charge on any atom is -0.372 e. The van der Waals surface area contributed by atoms with E-state index in [2.05, 4.69) is 4.98 Å². The number of alkyl halides is 1. The van der Waals surface area contributed by atoms with Crippen molar-refractivity contribution >= 4 is 5.91 Å². The molecule has 2 heterocycles. The molecule has 1 aliphatic heterocycles. The maximum atomic E-state index is 13.9. The first-order chi connectivity index (χ1) is 8.58. The zero-order valence-corrected chi connectivity index (χ0v) is 10.7. The Labute approximate surface area is 106 Å². The molecule has 1 N–H and O–H groups in total. The van der Waals surface area contributed by atoms with Gasteiger partial charge in [0.05, 0.1) is 24.3 Å². The smallest absolute Gasteiger partial charge is 0.255 e. The van der Waals surface area contributed by atoms with Crippen LogP contribution >= 0.6 is 0 Å². The van der Waals surface area contributed by atoms with Crippen LogP contribution in [0.5, 0.6) is 0 Å². The summed E-state index contributed by atoms with van der Waals surface area (Å²) >= 11 is 0. The number of H-pyrrole nitrogens is 1. The van der Waals surface area contributed by atoms with Crippen LogP contribution in [0.4, 0.5) is 4.39 Å². The number of ether oxygens (including phenoxy) is 1. The molecule has 5 heteroatoms. The summed E-state index contributed by atoms with van der Waals surface area (Å²) in [5, 5.41) is 0. The van der Waals surface area contributed by atoms with Crippen LogP contribution in [0.3, 0.4) is 0 Å². The molecule has 18 heavy (non-hydrogen) atoms. The van der Waals surface area contributed by atoms with Gasteiger partial charge >= 0.3 is 0 Å². The lowest BCUT2D eigenvalue weighted by molar-refractivity contribution is -0.0666. The van der Waals surface area contributed by atoms with Gasteiger partial charge < -0.3 is 14.6 Å². The Balaban J connectivity index is 1.94. The molecule has 0 radical (unpaired) electrons. The van der Waals surface area contributed by atoms with Crippen LogP contribution in [0.1, 0.15) is 30.6 Å². The molecule has 2 atom stereocenters. The Kier molecular flexibility index (Phi) is 4.01. The van der Waals surface area contributed by atoms with Gasteiger partial charge in [-0.05, 0) is 26.3 Å². The topological polar surface area (TPSA) is 45.3 Å². The van der Waals surface area contributed by atoms with Crippen molar-refractivity contribution in [3.05, 3.63) is 24.0 Å². The summed E-state index contributed by atoms with van der Waals surface area (Å²) < 4.78 is 19.4. The fourth-order valence-corrected chi connectivity index (χ4v) is 2.21. The number of likely N-dealkylation sites (tertiary alicyclic amines) is 1. The maximum Gasteiger partial charge on any atom is 0.255 e. The Hall–Kier alpha value is -1.36. The van der Waals surface area contributed by atoms with E-state index in [-0.39, 0.29) is 24.7 Å². The summed E-state index contributed by atoms with van der Waals surface area (Å²) in [6.07, 6.45) is 2.39. The molecule has 0 saturated carbocycles. The lowest BCUT2D eigenvalue weighted by Crippen LogP contribution is -2.48. The van der Waals surface area contributed by atoms with Crippen LogP contribution in [-0.2, 0) is 4.74 Å². The molecular weight excluding hydrogens is 235 g/mol. The zero-order chi connectivity index (χ0) is 13.1. The summed E-state index contributed by atoms with van der Waals surface area (Å²) in [5.74, 6) is -0.123. The molecular formula is C13H19FN2O2. The molecule has 2 rings (SSSR count). The molecule has 0 aromatic carbocycles. The van der Waals surface area contributed by atoms with E-state index in [1.54, 1.807) is 23.4 Å². The van der Waals surface area contributed by atoms with Gasteiger partial charge in [-0.3, -0.25) is 4.79 Å². The number of nitrogens with zero attached hydrogens (tertiary/aromatic N) is 1. The highest BCUT2D eigenvalue weighted by Gasteiger charge is 2.33. The molecule has 0 aliphatic carbocycles. The first-order valence-electron chi connectivity index (χ1n) is 6.29. The highest BCUT2D eigenvalue weighted by Crippen LogP contribution is 2.20. The SMILES string of the molecule is CC(C)O[C@H]1CCN(C(=O)c2cc[nH]c2)C[C@H]1F. The Morgan fingerprint density at radius 2 is 2.39 bits per heavy atom. The van der Waals surface area contributed by atoms with E-state index in [0.29, 0.717) is 18.5 Å². The molecule has 0 unspecified atom stereocenters. The van der Waals surface area contributed by atoms with E-state index in [1.165, 1.54) is 0 Å². The first-order valence-corrected chi connectivity index (χ1v) is 6.29. The lowest BCUT2D eigenvalue weighted by atomic mass is 10.0. The quantitative estimate of drug-likeness (QED) is 0.896. The van der Waals surface area contributed by atoms with Gasteiger partial charge in [0.15, 0.2) is 0 Å². The average molecular weight is 254 g/mol. The Bertz CT molecular complexity index is 392. The van der Waals surface area contributed by atoms with E-state index >= 15 is 0 Å². The molecule has 100 valence electrons. The van der Waals surface area contributed by atoms with Gasteiger partial charge in [-0.25, -0.2) is 4.39 Å². The number of carbonyl (C=O) groups excluding carboxylic acids is 1. The molecule has 4 nitrogen and oxygen atoms in total. The molecule has 1 fully saturated rings. The average Bonchev–Trinajstić information content (AvgIpc) is 2.84. The normalized spacial score (nSPS) is 24.6. The molecule has 0 spiro atoms. The largest absolute Gasteiger partial charge is 0.372 e. The van der Waals surface area contributed by atoms with Crippen LogP contribution in [0.15, 0.2) is 18.5 Å². The van der Waals surface area contributed by atoms with Gasteiger partial charge in [-0.15, -0.1) is 0 Å². The van der Waals surface area contributed by atoms with Crippen molar-refractivity contribution in [3.63, 3.8) is 0 Å². The van der Waals surface area contributed by atoms with Crippen molar-refractivity contribution in [2.75, 3.05) is 13.1 Å². The number of amides is 1. The van der Waals surface area contributed by atoms with Crippen LogP contribution in [0.2, 0.25) is 0 Å².